The normalized spacial score (nSPS) is 14.6. The van der Waals surface area contributed by atoms with Crippen LogP contribution in [0.5, 0.6) is 0 Å². The molecule has 0 unspecified atom stereocenters. The van der Waals surface area contributed by atoms with Crippen LogP contribution in [-0.2, 0) is 6.42 Å². The van der Waals surface area contributed by atoms with E-state index in [0.29, 0.717) is 13.1 Å². The lowest BCUT2D eigenvalue weighted by Gasteiger charge is -2.15. The SMILES string of the molecule is CCc1ccccc1NC(=O)N1CCNC1=O. The molecule has 5 nitrogen and oxygen atoms in total. The third-order valence-corrected chi connectivity index (χ3v) is 2.74. The number of urea groups is 2. The molecule has 5 heteroatoms. The predicted octanol–water partition coefficient (Wildman–Crippen LogP) is 1.81. The summed E-state index contributed by atoms with van der Waals surface area (Å²) in [7, 11) is 0. The molecule has 1 heterocycles. The first-order valence-electron chi connectivity index (χ1n) is 5.66. The van der Waals surface area contributed by atoms with Gasteiger partial charge in [0.1, 0.15) is 0 Å². The summed E-state index contributed by atoms with van der Waals surface area (Å²) in [6.07, 6.45) is 0.836. The molecule has 1 fully saturated rings. The summed E-state index contributed by atoms with van der Waals surface area (Å²) in [6.45, 7) is 2.95. The average molecular weight is 233 g/mol. The van der Waals surface area contributed by atoms with Crippen LogP contribution in [0, 0.1) is 0 Å². The van der Waals surface area contributed by atoms with E-state index in [9.17, 15) is 9.59 Å². The van der Waals surface area contributed by atoms with Crippen molar-refractivity contribution in [2.75, 3.05) is 18.4 Å². The summed E-state index contributed by atoms with van der Waals surface area (Å²) < 4.78 is 0. The highest BCUT2D eigenvalue weighted by Crippen LogP contribution is 2.16. The molecule has 2 N–H and O–H groups in total. The Bertz CT molecular complexity index is 445. The van der Waals surface area contributed by atoms with Gasteiger partial charge in [0, 0.05) is 18.8 Å². The van der Waals surface area contributed by atoms with Gasteiger partial charge in [-0.1, -0.05) is 25.1 Å². The molecule has 1 aliphatic rings. The molecule has 17 heavy (non-hydrogen) atoms. The molecule has 0 atom stereocenters. The van der Waals surface area contributed by atoms with Crippen molar-refractivity contribution in [2.45, 2.75) is 13.3 Å². The standard InChI is InChI=1S/C12H15N3O2/c1-2-9-5-3-4-6-10(9)14-12(17)15-8-7-13-11(15)16/h3-6H,2,7-8H2,1H3,(H,13,16)(H,14,17). The van der Waals surface area contributed by atoms with Crippen LogP contribution in [0.4, 0.5) is 15.3 Å². The van der Waals surface area contributed by atoms with Crippen LogP contribution in [-0.4, -0.2) is 30.1 Å². The Morgan fingerprint density at radius 3 is 2.88 bits per heavy atom. The summed E-state index contributed by atoms with van der Waals surface area (Å²) in [5, 5.41) is 5.35. The molecule has 1 aromatic rings. The van der Waals surface area contributed by atoms with Gasteiger partial charge in [0.25, 0.3) is 0 Å². The highest BCUT2D eigenvalue weighted by molar-refractivity contribution is 6.01. The number of hydrogen-bond donors (Lipinski definition) is 2. The van der Waals surface area contributed by atoms with E-state index in [0.717, 1.165) is 17.7 Å². The number of amides is 4. The Labute approximate surface area is 99.8 Å². The van der Waals surface area contributed by atoms with E-state index in [2.05, 4.69) is 10.6 Å². The number of para-hydroxylation sites is 1. The molecule has 0 saturated carbocycles. The van der Waals surface area contributed by atoms with Crippen molar-refractivity contribution in [2.24, 2.45) is 0 Å². The molecule has 1 saturated heterocycles. The number of anilines is 1. The van der Waals surface area contributed by atoms with Gasteiger partial charge in [-0.05, 0) is 18.1 Å². The van der Waals surface area contributed by atoms with Crippen LogP contribution < -0.4 is 10.6 Å². The van der Waals surface area contributed by atoms with Gasteiger partial charge in [-0.15, -0.1) is 0 Å². The van der Waals surface area contributed by atoms with Gasteiger partial charge < -0.3 is 10.6 Å². The van der Waals surface area contributed by atoms with Gasteiger partial charge in [0.2, 0.25) is 0 Å². The average Bonchev–Trinajstić information content (AvgIpc) is 2.76. The fraction of sp³-hybridized carbons (Fsp3) is 0.333. The summed E-state index contributed by atoms with van der Waals surface area (Å²) in [4.78, 5) is 24.3. The maximum atomic E-state index is 11.8. The number of benzene rings is 1. The van der Waals surface area contributed by atoms with Crippen LogP contribution >= 0.6 is 0 Å². The number of rotatable bonds is 2. The van der Waals surface area contributed by atoms with Gasteiger partial charge in [-0.25, -0.2) is 14.5 Å². The molecule has 2 rings (SSSR count). The van der Waals surface area contributed by atoms with Crippen molar-refractivity contribution in [3.05, 3.63) is 29.8 Å². The van der Waals surface area contributed by atoms with Crippen molar-refractivity contribution in [3.8, 4) is 0 Å². The minimum absolute atomic E-state index is 0.337. The predicted molar refractivity (Wildman–Crippen MR) is 64.9 cm³/mol. The molecule has 1 aromatic carbocycles. The van der Waals surface area contributed by atoms with E-state index in [1.807, 2.05) is 31.2 Å². The summed E-state index contributed by atoms with van der Waals surface area (Å²) >= 11 is 0. The maximum Gasteiger partial charge on any atom is 0.330 e. The highest BCUT2D eigenvalue weighted by Gasteiger charge is 2.26. The first kappa shape index (κ1) is 11.4. The first-order valence-corrected chi connectivity index (χ1v) is 5.66. The molecule has 0 aliphatic carbocycles. The van der Waals surface area contributed by atoms with Crippen LogP contribution in [0.15, 0.2) is 24.3 Å². The topological polar surface area (TPSA) is 61.4 Å². The fourth-order valence-corrected chi connectivity index (χ4v) is 1.80. The van der Waals surface area contributed by atoms with Gasteiger partial charge in [0.05, 0.1) is 0 Å². The maximum absolute atomic E-state index is 11.8. The van der Waals surface area contributed by atoms with Gasteiger partial charge >= 0.3 is 12.1 Å². The van der Waals surface area contributed by atoms with Crippen LogP contribution in [0.3, 0.4) is 0 Å². The Hall–Kier alpha value is -2.04. The zero-order chi connectivity index (χ0) is 12.3. The molecule has 4 amide bonds. The minimum atomic E-state index is -0.374. The Kier molecular flexibility index (Phi) is 3.27. The molecule has 0 aromatic heterocycles. The minimum Gasteiger partial charge on any atom is -0.336 e. The number of nitrogens with one attached hydrogen (secondary N) is 2. The van der Waals surface area contributed by atoms with Crippen LogP contribution in [0.2, 0.25) is 0 Å². The van der Waals surface area contributed by atoms with Crippen LogP contribution in [0.25, 0.3) is 0 Å². The molecule has 0 bridgehead atoms. The third kappa shape index (κ3) is 2.38. The lowest BCUT2D eigenvalue weighted by Crippen LogP contribution is -2.37. The second kappa shape index (κ2) is 4.86. The first-order chi connectivity index (χ1) is 8.22. The number of nitrogens with zero attached hydrogens (tertiary/aromatic N) is 1. The van der Waals surface area contributed by atoms with Crippen LogP contribution in [0.1, 0.15) is 12.5 Å². The molecule has 90 valence electrons. The second-order valence-electron chi connectivity index (χ2n) is 3.82. The number of carbonyl (C=O) groups is 2. The number of hydrogen-bond acceptors (Lipinski definition) is 2. The summed E-state index contributed by atoms with van der Waals surface area (Å²) in [6, 6.07) is 6.87. The Morgan fingerprint density at radius 1 is 1.47 bits per heavy atom. The van der Waals surface area contributed by atoms with Crippen molar-refractivity contribution >= 4 is 17.7 Å². The lowest BCUT2D eigenvalue weighted by molar-refractivity contribution is 0.207. The summed E-state index contributed by atoms with van der Waals surface area (Å²) in [5.74, 6) is 0. The largest absolute Gasteiger partial charge is 0.336 e. The molecule has 0 spiro atoms. The number of aryl methyl sites for hydroxylation is 1. The van der Waals surface area contributed by atoms with Crippen molar-refractivity contribution in [3.63, 3.8) is 0 Å². The zero-order valence-electron chi connectivity index (χ0n) is 9.69. The van der Waals surface area contributed by atoms with E-state index in [1.54, 1.807) is 0 Å². The monoisotopic (exact) mass is 233 g/mol. The van der Waals surface area contributed by atoms with Gasteiger partial charge in [-0.3, -0.25) is 0 Å². The van der Waals surface area contributed by atoms with E-state index in [-0.39, 0.29) is 12.1 Å². The number of imide groups is 1. The van der Waals surface area contributed by atoms with E-state index < -0.39 is 0 Å². The summed E-state index contributed by atoms with van der Waals surface area (Å²) in [5.41, 5.74) is 1.82. The zero-order valence-corrected chi connectivity index (χ0v) is 9.69. The van der Waals surface area contributed by atoms with Crippen molar-refractivity contribution in [1.29, 1.82) is 0 Å². The fourth-order valence-electron chi connectivity index (χ4n) is 1.80. The third-order valence-electron chi connectivity index (χ3n) is 2.74. The molecule has 1 aliphatic heterocycles. The second-order valence-corrected chi connectivity index (χ2v) is 3.82. The Morgan fingerprint density at radius 2 is 2.24 bits per heavy atom. The molecular weight excluding hydrogens is 218 g/mol. The Balaban J connectivity index is 2.10. The highest BCUT2D eigenvalue weighted by atomic mass is 16.2. The van der Waals surface area contributed by atoms with E-state index in [1.165, 1.54) is 4.90 Å². The number of carbonyl (C=O) groups excluding carboxylic acids is 2. The van der Waals surface area contributed by atoms with Crippen molar-refractivity contribution < 1.29 is 9.59 Å². The van der Waals surface area contributed by atoms with E-state index in [4.69, 9.17) is 0 Å². The van der Waals surface area contributed by atoms with E-state index >= 15 is 0 Å². The smallest absolute Gasteiger partial charge is 0.330 e. The van der Waals surface area contributed by atoms with Crippen molar-refractivity contribution in [1.82, 2.24) is 10.2 Å². The molecular formula is C12H15N3O2. The quantitative estimate of drug-likeness (QED) is 0.818. The lowest BCUT2D eigenvalue weighted by atomic mass is 10.1. The molecule has 0 radical (unpaired) electrons. The van der Waals surface area contributed by atoms with Gasteiger partial charge in [0.15, 0.2) is 0 Å². The van der Waals surface area contributed by atoms with Gasteiger partial charge in [-0.2, -0.15) is 0 Å².